The molecule has 1 rings (SSSR count). The average molecular weight is 285 g/mol. The fraction of sp³-hybridized carbons (Fsp3) is 0.429. The Morgan fingerprint density at radius 3 is 2.15 bits per heavy atom. The van der Waals surface area contributed by atoms with Crippen LogP contribution in [0.15, 0.2) is 18.2 Å². The first kappa shape index (κ1) is 16.1. The fourth-order valence-electron chi connectivity index (χ4n) is 1.50. The lowest BCUT2D eigenvalue weighted by Gasteiger charge is -2.21. The highest BCUT2D eigenvalue weighted by molar-refractivity contribution is 6.01. The van der Waals surface area contributed by atoms with Gasteiger partial charge in [0.15, 0.2) is 5.78 Å². The second-order valence-corrected chi connectivity index (χ2v) is 5.33. The van der Waals surface area contributed by atoms with E-state index in [1.807, 2.05) is 0 Å². The minimum absolute atomic E-state index is 0.670. The number of ether oxygens (including phenoxy) is 1. The summed E-state index contributed by atoms with van der Waals surface area (Å²) in [4.78, 5) is 23.4. The number of benzene rings is 1. The third-order valence-corrected chi connectivity index (χ3v) is 2.34. The van der Waals surface area contributed by atoms with Crippen molar-refractivity contribution in [3.63, 3.8) is 0 Å². The molecule has 0 heterocycles. The molecule has 0 aliphatic carbocycles. The maximum atomic E-state index is 13.5. The number of carbonyl (C=O) groups is 2. The Morgan fingerprint density at radius 1 is 1.20 bits per heavy atom. The number of hydrogen-bond donors (Lipinski definition) is 1. The van der Waals surface area contributed by atoms with Crippen molar-refractivity contribution in [2.45, 2.75) is 39.3 Å². The van der Waals surface area contributed by atoms with Crippen molar-refractivity contribution >= 4 is 11.9 Å². The van der Waals surface area contributed by atoms with E-state index in [9.17, 15) is 18.4 Å². The van der Waals surface area contributed by atoms with Gasteiger partial charge in [0.2, 0.25) is 0 Å². The van der Waals surface area contributed by atoms with Gasteiger partial charge in [0.25, 0.3) is 0 Å². The molecule has 4 nitrogen and oxygen atoms in total. The molecule has 1 atom stereocenters. The molecule has 0 spiro atoms. The predicted octanol–water partition coefficient (Wildman–Crippen LogP) is 3.06. The van der Waals surface area contributed by atoms with Crippen LogP contribution in [0.3, 0.4) is 0 Å². The number of nitrogens with one attached hydrogen (secondary N) is 1. The first-order valence-corrected chi connectivity index (χ1v) is 6.09. The van der Waals surface area contributed by atoms with Gasteiger partial charge in [0, 0.05) is 0 Å². The lowest BCUT2D eigenvalue weighted by molar-refractivity contribution is 0.0496. The normalized spacial score (nSPS) is 12.7. The van der Waals surface area contributed by atoms with Gasteiger partial charge in [-0.1, -0.05) is 6.07 Å². The van der Waals surface area contributed by atoms with E-state index in [1.165, 1.54) is 6.92 Å². The summed E-state index contributed by atoms with van der Waals surface area (Å²) in [6.07, 6.45) is -0.824. The highest BCUT2D eigenvalue weighted by Gasteiger charge is 2.25. The van der Waals surface area contributed by atoms with Gasteiger partial charge in [-0.2, -0.15) is 0 Å². The third-order valence-electron chi connectivity index (χ3n) is 2.34. The molecule has 1 amide bonds. The van der Waals surface area contributed by atoms with Gasteiger partial charge in [-0.25, -0.2) is 13.6 Å². The summed E-state index contributed by atoms with van der Waals surface area (Å²) in [5, 5.41) is 2.25. The number of amides is 1. The summed E-state index contributed by atoms with van der Waals surface area (Å²) in [7, 11) is 0. The van der Waals surface area contributed by atoms with Crippen molar-refractivity contribution in [2.24, 2.45) is 0 Å². The monoisotopic (exact) mass is 285 g/mol. The second-order valence-electron chi connectivity index (χ2n) is 5.33. The Balaban J connectivity index is 2.80. The van der Waals surface area contributed by atoms with Crippen LogP contribution in [-0.4, -0.2) is 23.5 Å². The standard InChI is InChI=1S/C14H17F2NO3/c1-8(17-13(19)20-14(2,3)4)12(18)11-9(15)6-5-7-10(11)16/h5-8H,1-4H3,(H,17,19)/t8-/m0/s1. The third kappa shape index (κ3) is 4.29. The predicted molar refractivity (Wildman–Crippen MR) is 69.5 cm³/mol. The number of alkyl carbamates (subject to hydrolysis) is 1. The number of ketones is 1. The van der Waals surface area contributed by atoms with Crippen LogP contribution in [0.25, 0.3) is 0 Å². The zero-order chi connectivity index (χ0) is 15.5. The molecule has 1 aromatic carbocycles. The second kappa shape index (κ2) is 5.98. The van der Waals surface area contributed by atoms with Crippen molar-refractivity contribution < 1.29 is 23.1 Å². The van der Waals surface area contributed by atoms with Crippen LogP contribution >= 0.6 is 0 Å². The van der Waals surface area contributed by atoms with Crippen LogP contribution in [-0.2, 0) is 4.74 Å². The molecule has 0 saturated heterocycles. The van der Waals surface area contributed by atoms with Crippen LogP contribution in [0.5, 0.6) is 0 Å². The van der Waals surface area contributed by atoms with E-state index in [1.54, 1.807) is 20.8 Å². The van der Waals surface area contributed by atoms with Gasteiger partial charge in [-0.15, -0.1) is 0 Å². The molecule has 0 aliphatic heterocycles. The fourth-order valence-corrected chi connectivity index (χ4v) is 1.50. The van der Waals surface area contributed by atoms with Gasteiger partial charge >= 0.3 is 6.09 Å². The number of Topliss-reactive ketones (excluding diaryl/α,β-unsaturated/α-hetero) is 1. The van der Waals surface area contributed by atoms with E-state index < -0.39 is 40.7 Å². The molecule has 1 aromatic rings. The van der Waals surface area contributed by atoms with Crippen molar-refractivity contribution in [3.05, 3.63) is 35.4 Å². The number of halogens is 2. The zero-order valence-corrected chi connectivity index (χ0v) is 11.8. The molecular weight excluding hydrogens is 268 g/mol. The van der Waals surface area contributed by atoms with Gasteiger partial charge < -0.3 is 10.1 Å². The van der Waals surface area contributed by atoms with Crippen LogP contribution in [0.2, 0.25) is 0 Å². The number of hydrogen-bond acceptors (Lipinski definition) is 3. The highest BCUT2D eigenvalue weighted by Crippen LogP contribution is 2.15. The van der Waals surface area contributed by atoms with Gasteiger partial charge in [-0.3, -0.25) is 4.79 Å². The van der Waals surface area contributed by atoms with Crippen molar-refractivity contribution in [3.8, 4) is 0 Å². The maximum absolute atomic E-state index is 13.5. The van der Waals surface area contributed by atoms with E-state index in [-0.39, 0.29) is 0 Å². The lowest BCUT2D eigenvalue weighted by atomic mass is 10.0. The number of carbonyl (C=O) groups excluding carboxylic acids is 2. The van der Waals surface area contributed by atoms with Crippen LogP contribution < -0.4 is 5.32 Å². The van der Waals surface area contributed by atoms with E-state index in [4.69, 9.17) is 4.74 Å². The van der Waals surface area contributed by atoms with E-state index in [0.29, 0.717) is 0 Å². The largest absolute Gasteiger partial charge is 0.444 e. The Kier molecular flexibility index (Phi) is 4.81. The van der Waals surface area contributed by atoms with Gasteiger partial charge in [0.1, 0.15) is 17.2 Å². The molecular formula is C14H17F2NO3. The Morgan fingerprint density at radius 2 is 1.70 bits per heavy atom. The molecule has 20 heavy (non-hydrogen) atoms. The molecule has 0 saturated carbocycles. The Hall–Kier alpha value is -1.98. The van der Waals surface area contributed by atoms with Crippen LogP contribution in [0.4, 0.5) is 13.6 Å². The minimum Gasteiger partial charge on any atom is -0.444 e. The molecule has 0 aliphatic rings. The van der Waals surface area contributed by atoms with Gasteiger partial charge in [-0.05, 0) is 39.8 Å². The molecule has 0 unspecified atom stereocenters. The molecule has 1 N–H and O–H groups in total. The molecule has 0 aromatic heterocycles. The lowest BCUT2D eigenvalue weighted by Crippen LogP contribution is -2.42. The van der Waals surface area contributed by atoms with E-state index in [0.717, 1.165) is 18.2 Å². The Labute approximate surface area is 116 Å². The summed E-state index contributed by atoms with van der Waals surface area (Å²) in [6, 6.07) is 2.02. The van der Waals surface area contributed by atoms with Crippen LogP contribution in [0.1, 0.15) is 38.1 Å². The molecule has 0 fully saturated rings. The zero-order valence-electron chi connectivity index (χ0n) is 11.8. The van der Waals surface area contributed by atoms with Crippen LogP contribution in [0, 0.1) is 11.6 Å². The topological polar surface area (TPSA) is 55.4 Å². The van der Waals surface area contributed by atoms with E-state index >= 15 is 0 Å². The maximum Gasteiger partial charge on any atom is 0.408 e. The molecule has 0 bridgehead atoms. The first-order chi connectivity index (χ1) is 9.11. The quantitative estimate of drug-likeness (QED) is 0.868. The van der Waals surface area contributed by atoms with Gasteiger partial charge in [0.05, 0.1) is 11.6 Å². The van der Waals surface area contributed by atoms with Crippen molar-refractivity contribution in [1.29, 1.82) is 0 Å². The molecule has 0 radical (unpaired) electrons. The van der Waals surface area contributed by atoms with E-state index in [2.05, 4.69) is 5.32 Å². The smallest absolute Gasteiger partial charge is 0.408 e. The average Bonchev–Trinajstić information content (AvgIpc) is 2.25. The summed E-state index contributed by atoms with van der Waals surface area (Å²) < 4.78 is 31.9. The summed E-state index contributed by atoms with van der Waals surface area (Å²) in [6.45, 7) is 6.32. The first-order valence-electron chi connectivity index (χ1n) is 6.09. The van der Waals surface area contributed by atoms with Crippen molar-refractivity contribution in [2.75, 3.05) is 0 Å². The highest BCUT2D eigenvalue weighted by atomic mass is 19.1. The summed E-state index contributed by atoms with van der Waals surface area (Å²) in [5.41, 5.74) is -1.40. The Bertz CT molecular complexity index is 503. The molecule has 110 valence electrons. The molecule has 6 heteroatoms. The summed E-state index contributed by atoms with van der Waals surface area (Å²) in [5.74, 6) is -2.79. The number of rotatable bonds is 3. The van der Waals surface area contributed by atoms with Crippen molar-refractivity contribution in [1.82, 2.24) is 5.32 Å². The summed E-state index contributed by atoms with van der Waals surface area (Å²) >= 11 is 0. The SMILES string of the molecule is C[C@H](NC(=O)OC(C)(C)C)C(=O)c1c(F)cccc1F. The minimum atomic E-state index is -1.10.